The Labute approximate surface area is 151 Å². The molecule has 134 valence electrons. The molecule has 26 heavy (non-hydrogen) atoms. The third-order valence-electron chi connectivity index (χ3n) is 3.45. The van der Waals surface area contributed by atoms with E-state index in [2.05, 4.69) is 20.5 Å². The summed E-state index contributed by atoms with van der Waals surface area (Å²) in [5.41, 5.74) is -1.41. The fraction of sp³-hybridized carbons (Fsp3) is 0.188. The molecule has 0 aliphatic carbocycles. The molecule has 2 heterocycles. The first-order valence-corrected chi connectivity index (χ1v) is 8.42. The second-order valence-electron chi connectivity index (χ2n) is 5.36. The van der Waals surface area contributed by atoms with Crippen LogP contribution in [0.25, 0.3) is 0 Å². The minimum atomic E-state index is -0.675. The molecule has 1 atom stereocenters. The van der Waals surface area contributed by atoms with E-state index in [1.54, 1.807) is 0 Å². The molecule has 2 aromatic heterocycles. The van der Waals surface area contributed by atoms with Crippen LogP contribution in [0, 0.1) is 0 Å². The summed E-state index contributed by atoms with van der Waals surface area (Å²) in [6.45, 7) is 1.82. The van der Waals surface area contributed by atoms with Crippen LogP contribution in [0.4, 0.5) is 5.13 Å². The van der Waals surface area contributed by atoms with Gasteiger partial charge >= 0.3 is 5.69 Å². The monoisotopic (exact) mass is 373 g/mol. The Kier molecular flexibility index (Phi) is 4.94. The lowest BCUT2D eigenvalue weighted by Gasteiger charge is -2.10. The smallest absolute Gasteiger partial charge is 0.328 e. The molecule has 0 bridgehead atoms. The van der Waals surface area contributed by atoms with Gasteiger partial charge in [0.1, 0.15) is 17.5 Å². The number of H-pyrrole nitrogens is 1. The Bertz CT molecular complexity index is 1010. The number of hydrogen-bond donors (Lipinski definition) is 2. The number of carbonyl (C=O) groups is 1. The van der Waals surface area contributed by atoms with Gasteiger partial charge in [-0.2, -0.15) is 0 Å². The highest BCUT2D eigenvalue weighted by Crippen LogP contribution is 2.26. The lowest BCUT2D eigenvalue weighted by Crippen LogP contribution is -2.34. The molecule has 1 aromatic carbocycles. The highest BCUT2D eigenvalue weighted by Gasteiger charge is 2.16. The van der Waals surface area contributed by atoms with Crippen molar-refractivity contribution in [1.29, 1.82) is 0 Å². The quantitative estimate of drug-likeness (QED) is 0.696. The van der Waals surface area contributed by atoms with Crippen molar-refractivity contribution in [3.05, 3.63) is 67.9 Å². The summed E-state index contributed by atoms with van der Waals surface area (Å²) in [5, 5.41) is 11.2. The van der Waals surface area contributed by atoms with E-state index in [4.69, 9.17) is 4.74 Å². The van der Waals surface area contributed by atoms with Crippen molar-refractivity contribution in [3.63, 3.8) is 0 Å². The number of hydrogen-bond acceptors (Lipinski definition) is 7. The topological polar surface area (TPSA) is 119 Å². The average Bonchev–Trinajstić information content (AvgIpc) is 3.08. The number of benzene rings is 1. The van der Waals surface area contributed by atoms with Crippen molar-refractivity contribution >= 4 is 22.4 Å². The molecule has 0 aliphatic rings. The van der Waals surface area contributed by atoms with Gasteiger partial charge in [-0.3, -0.25) is 19.5 Å². The molecule has 1 unspecified atom stereocenters. The van der Waals surface area contributed by atoms with E-state index >= 15 is 0 Å². The molecular weight excluding hydrogens is 358 g/mol. The number of anilines is 1. The Hall–Kier alpha value is -3.27. The molecule has 9 nitrogen and oxygen atoms in total. The van der Waals surface area contributed by atoms with Gasteiger partial charge in [0.25, 0.3) is 11.5 Å². The number of amides is 1. The van der Waals surface area contributed by atoms with Crippen LogP contribution in [-0.4, -0.2) is 25.7 Å². The second kappa shape index (κ2) is 7.31. The van der Waals surface area contributed by atoms with Gasteiger partial charge in [0.05, 0.1) is 0 Å². The van der Waals surface area contributed by atoms with Gasteiger partial charge in [-0.1, -0.05) is 29.5 Å². The van der Waals surface area contributed by atoms with Gasteiger partial charge in [-0.05, 0) is 19.1 Å². The zero-order chi connectivity index (χ0) is 18.7. The molecular formula is C16H15N5O4S. The maximum Gasteiger partial charge on any atom is 0.328 e. The highest BCUT2D eigenvalue weighted by molar-refractivity contribution is 7.15. The number of para-hydroxylation sites is 1. The summed E-state index contributed by atoms with van der Waals surface area (Å²) >= 11 is 1.14. The summed E-state index contributed by atoms with van der Waals surface area (Å²) in [4.78, 5) is 37.7. The molecule has 0 aliphatic heterocycles. The average molecular weight is 373 g/mol. The van der Waals surface area contributed by atoms with Gasteiger partial charge < -0.3 is 9.72 Å². The van der Waals surface area contributed by atoms with E-state index in [0.29, 0.717) is 10.8 Å². The van der Waals surface area contributed by atoms with E-state index in [1.807, 2.05) is 37.3 Å². The molecule has 3 rings (SSSR count). The molecule has 0 saturated heterocycles. The molecule has 0 spiro atoms. The number of nitrogens with zero attached hydrogens (tertiary/aromatic N) is 3. The number of rotatable bonds is 5. The Balaban J connectivity index is 1.71. The fourth-order valence-electron chi connectivity index (χ4n) is 2.05. The Morgan fingerprint density at radius 1 is 1.27 bits per heavy atom. The molecule has 1 amide bonds. The first-order valence-electron chi connectivity index (χ1n) is 7.61. The van der Waals surface area contributed by atoms with Gasteiger partial charge in [0.2, 0.25) is 5.13 Å². The van der Waals surface area contributed by atoms with Gasteiger partial charge in [-0.15, -0.1) is 10.2 Å². The summed E-state index contributed by atoms with van der Waals surface area (Å²) in [7, 11) is 1.31. The van der Waals surface area contributed by atoms with Crippen molar-refractivity contribution in [2.75, 3.05) is 5.32 Å². The highest BCUT2D eigenvalue weighted by atomic mass is 32.1. The van der Waals surface area contributed by atoms with E-state index in [9.17, 15) is 14.4 Å². The minimum absolute atomic E-state index is 0.150. The molecule has 2 N–H and O–H groups in total. The summed E-state index contributed by atoms with van der Waals surface area (Å²) in [6, 6.07) is 10.3. The number of aromatic nitrogens is 4. The van der Waals surface area contributed by atoms with Gasteiger partial charge in [-0.25, -0.2) is 4.79 Å². The Morgan fingerprint density at radius 3 is 2.69 bits per heavy atom. The third kappa shape index (κ3) is 3.86. The zero-order valence-corrected chi connectivity index (χ0v) is 14.7. The zero-order valence-electron chi connectivity index (χ0n) is 13.9. The maximum absolute atomic E-state index is 12.2. The van der Waals surface area contributed by atoms with Crippen LogP contribution in [0.2, 0.25) is 0 Å². The molecule has 10 heteroatoms. The van der Waals surface area contributed by atoms with Crippen LogP contribution in [0.1, 0.15) is 28.5 Å². The van der Waals surface area contributed by atoms with Crippen LogP contribution in [0.3, 0.4) is 0 Å². The van der Waals surface area contributed by atoms with Gasteiger partial charge in [0.15, 0.2) is 5.01 Å². The number of aromatic amines is 1. The van der Waals surface area contributed by atoms with Crippen LogP contribution in [-0.2, 0) is 7.05 Å². The predicted molar refractivity (Wildman–Crippen MR) is 95.7 cm³/mol. The normalized spacial score (nSPS) is 11.8. The van der Waals surface area contributed by atoms with Crippen LogP contribution in [0.5, 0.6) is 5.75 Å². The molecule has 0 fully saturated rings. The standard InChI is InChI=1S/C16H15N5O4S/c1-9(25-10-6-4-3-5-7-10)14-19-20-15(26-14)18-13(23)11-8-12(22)21(2)16(24)17-11/h3-9H,1-2H3,(H,17,24)(H,18,20,23). The largest absolute Gasteiger partial charge is 0.483 e. The minimum Gasteiger partial charge on any atom is -0.483 e. The molecule has 0 saturated carbocycles. The molecule has 0 radical (unpaired) electrons. The number of ether oxygens (including phenoxy) is 1. The summed E-state index contributed by atoms with van der Waals surface area (Å²) in [5.74, 6) is 0.0395. The van der Waals surface area contributed by atoms with Gasteiger partial charge in [0, 0.05) is 13.1 Å². The lowest BCUT2D eigenvalue weighted by molar-refractivity contribution is 0.102. The van der Waals surface area contributed by atoms with Crippen LogP contribution < -0.4 is 21.3 Å². The fourth-order valence-corrected chi connectivity index (χ4v) is 2.76. The first-order chi connectivity index (χ1) is 12.4. The van der Waals surface area contributed by atoms with Crippen molar-refractivity contribution in [2.24, 2.45) is 7.05 Å². The van der Waals surface area contributed by atoms with E-state index in [-0.39, 0.29) is 16.9 Å². The van der Waals surface area contributed by atoms with E-state index in [1.165, 1.54) is 7.05 Å². The first kappa shape index (κ1) is 17.5. The van der Waals surface area contributed by atoms with E-state index < -0.39 is 17.2 Å². The SMILES string of the molecule is CC(Oc1ccccc1)c1nnc(NC(=O)c2cc(=O)n(C)c(=O)[nH]2)s1. The van der Waals surface area contributed by atoms with Crippen molar-refractivity contribution in [1.82, 2.24) is 19.7 Å². The van der Waals surface area contributed by atoms with Crippen molar-refractivity contribution in [3.8, 4) is 5.75 Å². The van der Waals surface area contributed by atoms with Crippen LogP contribution >= 0.6 is 11.3 Å². The number of carbonyl (C=O) groups excluding carboxylic acids is 1. The van der Waals surface area contributed by atoms with Crippen molar-refractivity contribution in [2.45, 2.75) is 13.0 Å². The third-order valence-corrected chi connectivity index (χ3v) is 4.45. The maximum atomic E-state index is 12.2. The van der Waals surface area contributed by atoms with E-state index in [0.717, 1.165) is 22.0 Å². The van der Waals surface area contributed by atoms with Crippen LogP contribution in [0.15, 0.2) is 46.0 Å². The predicted octanol–water partition coefficient (Wildman–Crippen LogP) is 1.32. The van der Waals surface area contributed by atoms with Crippen molar-refractivity contribution < 1.29 is 9.53 Å². The number of nitrogens with one attached hydrogen (secondary N) is 2. The Morgan fingerprint density at radius 2 is 2.00 bits per heavy atom. The summed E-state index contributed by atoms with van der Waals surface area (Å²) < 4.78 is 6.62. The second-order valence-corrected chi connectivity index (χ2v) is 6.37. The summed E-state index contributed by atoms with van der Waals surface area (Å²) in [6.07, 6.45) is -0.357. The lowest BCUT2D eigenvalue weighted by atomic mass is 10.3. The molecule has 3 aromatic rings.